The Morgan fingerprint density at radius 1 is 1.52 bits per heavy atom. The minimum Gasteiger partial charge on any atom is -0.453 e. The van der Waals surface area contributed by atoms with Gasteiger partial charge in [0, 0.05) is 31.3 Å². The number of rotatable bonds is 7. The molecule has 1 aromatic carbocycles. The average Bonchev–Trinajstić information content (AvgIpc) is 2.50. The number of carbonyl (C=O) groups excluding carboxylic acids is 1. The topological polar surface area (TPSA) is 84.7 Å². The van der Waals surface area contributed by atoms with E-state index in [0.29, 0.717) is 13.1 Å². The van der Waals surface area contributed by atoms with E-state index in [9.17, 15) is 14.9 Å². The maximum atomic E-state index is 11.0. The minimum atomic E-state index is -0.464. The number of carbonyl (C=O) groups is 1. The second kappa shape index (κ2) is 8.21. The number of alkyl carbamates (subject to hydrolysis) is 1. The van der Waals surface area contributed by atoms with Crippen LogP contribution in [0.15, 0.2) is 24.3 Å². The van der Waals surface area contributed by atoms with E-state index in [4.69, 9.17) is 0 Å². The van der Waals surface area contributed by atoms with E-state index in [1.165, 1.54) is 13.2 Å². The molecule has 1 unspecified atom stereocenters. The van der Waals surface area contributed by atoms with Gasteiger partial charge >= 0.3 is 6.09 Å². The summed E-state index contributed by atoms with van der Waals surface area (Å²) in [5, 5.41) is 13.4. The van der Waals surface area contributed by atoms with Crippen molar-refractivity contribution in [3.05, 3.63) is 39.9 Å². The largest absolute Gasteiger partial charge is 0.453 e. The first kappa shape index (κ1) is 16.9. The zero-order chi connectivity index (χ0) is 15.8. The Morgan fingerprint density at radius 3 is 2.81 bits per heavy atom. The van der Waals surface area contributed by atoms with Gasteiger partial charge in [-0.2, -0.15) is 0 Å². The lowest BCUT2D eigenvalue weighted by Crippen LogP contribution is -2.36. The molecule has 0 heterocycles. The average molecular weight is 295 g/mol. The molecule has 0 saturated carbocycles. The lowest BCUT2D eigenvalue weighted by Gasteiger charge is -2.28. The van der Waals surface area contributed by atoms with Gasteiger partial charge in [-0.05, 0) is 19.0 Å². The summed E-state index contributed by atoms with van der Waals surface area (Å²) in [6.45, 7) is 5.86. The molecule has 0 aromatic heterocycles. The van der Waals surface area contributed by atoms with E-state index in [2.05, 4.69) is 15.0 Å². The Hall–Kier alpha value is -2.15. The van der Waals surface area contributed by atoms with Gasteiger partial charge in [-0.15, -0.1) is 0 Å². The van der Waals surface area contributed by atoms with E-state index in [1.807, 2.05) is 19.9 Å². The Kier molecular flexibility index (Phi) is 6.61. The van der Waals surface area contributed by atoms with Crippen molar-refractivity contribution in [1.82, 2.24) is 10.2 Å². The van der Waals surface area contributed by atoms with Crippen LogP contribution in [0.1, 0.15) is 25.5 Å². The van der Waals surface area contributed by atoms with Crippen molar-refractivity contribution in [2.24, 2.45) is 0 Å². The van der Waals surface area contributed by atoms with Gasteiger partial charge in [-0.1, -0.05) is 19.1 Å². The summed E-state index contributed by atoms with van der Waals surface area (Å²) in [5.41, 5.74) is 0.965. The van der Waals surface area contributed by atoms with Gasteiger partial charge in [0.05, 0.1) is 12.0 Å². The smallest absolute Gasteiger partial charge is 0.406 e. The highest BCUT2D eigenvalue weighted by atomic mass is 16.6. The number of amides is 1. The highest BCUT2D eigenvalue weighted by molar-refractivity contribution is 5.66. The fourth-order valence-corrected chi connectivity index (χ4v) is 2.11. The third-order valence-electron chi connectivity index (χ3n) is 3.37. The maximum absolute atomic E-state index is 11.0. The highest BCUT2D eigenvalue weighted by Gasteiger charge is 2.16. The molecule has 1 rings (SSSR count). The van der Waals surface area contributed by atoms with Crippen LogP contribution in [0.5, 0.6) is 0 Å². The fraction of sp³-hybridized carbons (Fsp3) is 0.500. The number of non-ortho nitro benzene ring substituents is 1. The fourth-order valence-electron chi connectivity index (χ4n) is 2.11. The zero-order valence-corrected chi connectivity index (χ0v) is 12.5. The van der Waals surface area contributed by atoms with Crippen LogP contribution >= 0.6 is 0 Å². The van der Waals surface area contributed by atoms with Crippen LogP contribution in [0, 0.1) is 10.1 Å². The minimum absolute atomic E-state index is 0.0225. The van der Waals surface area contributed by atoms with Crippen LogP contribution in [-0.4, -0.2) is 42.7 Å². The first-order chi connectivity index (χ1) is 9.99. The third kappa shape index (κ3) is 5.03. The lowest BCUT2D eigenvalue weighted by atomic mass is 10.1. The molecule has 7 heteroatoms. The molecule has 1 N–H and O–H groups in total. The second-order valence-corrected chi connectivity index (χ2v) is 4.58. The zero-order valence-electron chi connectivity index (χ0n) is 12.5. The SMILES string of the molecule is CCN(CCNC(=O)OC)C(C)c1cccc([N+](=O)[O-])c1. The molecule has 0 bridgehead atoms. The van der Waals surface area contributed by atoms with E-state index >= 15 is 0 Å². The summed E-state index contributed by atoms with van der Waals surface area (Å²) in [6, 6.07) is 6.64. The number of nitro benzene ring substituents is 1. The number of nitrogens with zero attached hydrogens (tertiary/aromatic N) is 2. The molecule has 0 saturated heterocycles. The Labute approximate surface area is 124 Å². The molecular weight excluding hydrogens is 274 g/mol. The summed E-state index contributed by atoms with van der Waals surface area (Å²) in [7, 11) is 1.32. The van der Waals surface area contributed by atoms with Gasteiger partial charge in [0.1, 0.15) is 0 Å². The monoisotopic (exact) mass is 295 g/mol. The van der Waals surface area contributed by atoms with E-state index in [0.717, 1.165) is 12.1 Å². The van der Waals surface area contributed by atoms with Gasteiger partial charge in [0.2, 0.25) is 0 Å². The first-order valence-corrected chi connectivity index (χ1v) is 6.79. The van der Waals surface area contributed by atoms with Crippen LogP contribution in [0.4, 0.5) is 10.5 Å². The van der Waals surface area contributed by atoms with E-state index in [1.54, 1.807) is 12.1 Å². The van der Waals surface area contributed by atoms with Crippen molar-refractivity contribution >= 4 is 11.8 Å². The van der Waals surface area contributed by atoms with Crippen molar-refractivity contribution in [3.8, 4) is 0 Å². The standard InChI is InChI=1S/C14H21N3O4/c1-4-16(9-8-15-14(18)21-3)11(2)12-6-5-7-13(10-12)17(19)20/h5-7,10-11H,4,8-9H2,1-3H3,(H,15,18). The summed E-state index contributed by atoms with van der Waals surface area (Å²) >= 11 is 0. The number of methoxy groups -OCH3 is 1. The molecule has 21 heavy (non-hydrogen) atoms. The van der Waals surface area contributed by atoms with Crippen molar-refractivity contribution in [2.75, 3.05) is 26.7 Å². The Bertz CT molecular complexity index is 493. The summed E-state index contributed by atoms with van der Waals surface area (Å²) < 4.78 is 4.51. The summed E-state index contributed by atoms with van der Waals surface area (Å²) in [4.78, 5) is 23.6. The molecule has 7 nitrogen and oxygen atoms in total. The molecule has 0 fully saturated rings. The molecular formula is C14H21N3O4. The number of likely N-dealkylation sites (N-methyl/N-ethyl adjacent to an activating group) is 1. The van der Waals surface area contributed by atoms with E-state index < -0.39 is 11.0 Å². The number of ether oxygens (including phenoxy) is 1. The van der Waals surface area contributed by atoms with Gasteiger partial charge < -0.3 is 10.1 Å². The molecule has 0 radical (unpaired) electrons. The third-order valence-corrected chi connectivity index (χ3v) is 3.37. The van der Waals surface area contributed by atoms with Gasteiger partial charge in [0.25, 0.3) is 5.69 Å². The molecule has 1 aromatic rings. The molecule has 116 valence electrons. The summed E-state index contributed by atoms with van der Waals surface area (Å²) in [5.74, 6) is 0. The van der Waals surface area contributed by atoms with Gasteiger partial charge in [-0.3, -0.25) is 15.0 Å². The van der Waals surface area contributed by atoms with Crippen molar-refractivity contribution in [3.63, 3.8) is 0 Å². The molecule has 0 aliphatic heterocycles. The van der Waals surface area contributed by atoms with Crippen molar-refractivity contribution in [2.45, 2.75) is 19.9 Å². The molecule has 0 spiro atoms. The predicted molar refractivity (Wildman–Crippen MR) is 79.2 cm³/mol. The van der Waals surface area contributed by atoms with Crippen molar-refractivity contribution < 1.29 is 14.5 Å². The molecule has 0 aliphatic rings. The molecule has 1 amide bonds. The lowest BCUT2D eigenvalue weighted by molar-refractivity contribution is -0.384. The normalized spacial score (nSPS) is 12.0. The number of hydrogen-bond acceptors (Lipinski definition) is 5. The van der Waals surface area contributed by atoms with Crippen LogP contribution in [-0.2, 0) is 4.74 Å². The Morgan fingerprint density at radius 2 is 2.24 bits per heavy atom. The van der Waals surface area contributed by atoms with E-state index in [-0.39, 0.29) is 11.7 Å². The maximum Gasteiger partial charge on any atom is 0.406 e. The number of nitro groups is 1. The number of hydrogen-bond donors (Lipinski definition) is 1. The van der Waals surface area contributed by atoms with Crippen LogP contribution in [0.2, 0.25) is 0 Å². The van der Waals surface area contributed by atoms with Gasteiger partial charge in [-0.25, -0.2) is 4.79 Å². The first-order valence-electron chi connectivity index (χ1n) is 6.79. The molecule has 0 aliphatic carbocycles. The number of nitrogens with one attached hydrogen (secondary N) is 1. The van der Waals surface area contributed by atoms with Crippen LogP contribution in [0.25, 0.3) is 0 Å². The Balaban J connectivity index is 2.69. The van der Waals surface area contributed by atoms with Gasteiger partial charge in [0.15, 0.2) is 0 Å². The quantitative estimate of drug-likeness (QED) is 0.616. The highest BCUT2D eigenvalue weighted by Crippen LogP contribution is 2.23. The number of benzene rings is 1. The van der Waals surface area contributed by atoms with Crippen LogP contribution < -0.4 is 5.32 Å². The molecule has 1 atom stereocenters. The summed E-state index contributed by atoms with van der Waals surface area (Å²) in [6.07, 6.45) is -0.464. The predicted octanol–water partition coefficient (Wildman–Crippen LogP) is 2.33. The second-order valence-electron chi connectivity index (χ2n) is 4.58. The van der Waals surface area contributed by atoms with Crippen molar-refractivity contribution in [1.29, 1.82) is 0 Å². The van der Waals surface area contributed by atoms with Crippen LogP contribution in [0.3, 0.4) is 0 Å².